The number of halogens is 1. The van der Waals surface area contributed by atoms with E-state index in [1.165, 1.54) is 12.1 Å². The molecule has 1 aliphatic heterocycles. The van der Waals surface area contributed by atoms with E-state index >= 15 is 0 Å². The molecule has 1 saturated heterocycles. The Morgan fingerprint density at radius 2 is 2.00 bits per heavy atom. The van der Waals surface area contributed by atoms with E-state index in [0.29, 0.717) is 32.5 Å². The summed E-state index contributed by atoms with van der Waals surface area (Å²) in [5.41, 5.74) is 0.746. The van der Waals surface area contributed by atoms with E-state index in [4.69, 9.17) is 0 Å². The maximum atomic E-state index is 13.3. The van der Waals surface area contributed by atoms with Crippen molar-refractivity contribution < 1.29 is 17.6 Å². The lowest BCUT2D eigenvalue weighted by Crippen LogP contribution is -2.50. The molecule has 140 valence electrons. The summed E-state index contributed by atoms with van der Waals surface area (Å²) in [6, 6.07) is 5.91. The third kappa shape index (κ3) is 5.01. The monoisotopic (exact) mass is 370 g/mol. The fraction of sp³-hybridized carbons (Fsp3) is 0.611. The largest absolute Gasteiger partial charge is 0.340 e. The molecule has 1 aromatic rings. The number of piperidine rings is 1. The average molecular weight is 370 g/mol. The van der Waals surface area contributed by atoms with Gasteiger partial charge in [0.1, 0.15) is 5.82 Å². The van der Waals surface area contributed by atoms with E-state index in [0.717, 1.165) is 5.56 Å². The van der Waals surface area contributed by atoms with Crippen LogP contribution in [0.4, 0.5) is 4.39 Å². The number of hydrogen-bond acceptors (Lipinski definition) is 4. The fourth-order valence-electron chi connectivity index (χ4n) is 3.32. The highest BCUT2D eigenvalue weighted by Crippen LogP contribution is 2.21. The third-order valence-electron chi connectivity index (χ3n) is 4.98. The number of likely N-dealkylation sites (tertiary alicyclic amines) is 1. The summed E-state index contributed by atoms with van der Waals surface area (Å²) in [6.45, 7) is 5.07. The molecule has 7 heteroatoms. The molecule has 1 amide bonds. The van der Waals surface area contributed by atoms with Crippen LogP contribution in [0.2, 0.25) is 0 Å². The Kier molecular flexibility index (Phi) is 6.57. The lowest BCUT2D eigenvalue weighted by atomic mass is 10.1. The number of benzene rings is 1. The smallest absolute Gasteiger partial charge is 0.239 e. The highest BCUT2D eigenvalue weighted by Gasteiger charge is 2.32. The molecule has 1 heterocycles. The number of rotatable bonds is 6. The van der Waals surface area contributed by atoms with Crippen LogP contribution in [0.15, 0.2) is 24.3 Å². The van der Waals surface area contributed by atoms with Gasteiger partial charge in [0.05, 0.1) is 11.3 Å². The molecule has 0 aliphatic carbocycles. The quantitative estimate of drug-likeness (QED) is 0.769. The predicted molar refractivity (Wildman–Crippen MR) is 96.4 cm³/mol. The van der Waals surface area contributed by atoms with Gasteiger partial charge in [-0.25, -0.2) is 12.8 Å². The van der Waals surface area contributed by atoms with E-state index < -0.39 is 9.84 Å². The first-order chi connectivity index (χ1) is 11.7. The van der Waals surface area contributed by atoms with E-state index in [9.17, 15) is 17.6 Å². The summed E-state index contributed by atoms with van der Waals surface area (Å²) >= 11 is 0. The second kappa shape index (κ2) is 8.27. The fourth-order valence-corrected chi connectivity index (χ4v) is 4.72. The molecule has 5 nitrogen and oxygen atoms in total. The van der Waals surface area contributed by atoms with Crippen molar-refractivity contribution in [3.05, 3.63) is 35.6 Å². The zero-order valence-electron chi connectivity index (χ0n) is 15.1. The first kappa shape index (κ1) is 19.8. The molecule has 0 saturated carbocycles. The van der Waals surface area contributed by atoms with Gasteiger partial charge in [-0.05, 0) is 37.5 Å². The van der Waals surface area contributed by atoms with Gasteiger partial charge in [-0.3, -0.25) is 9.69 Å². The number of carbonyl (C=O) groups is 1. The second-order valence-electron chi connectivity index (χ2n) is 6.69. The minimum absolute atomic E-state index is 0.0407. The summed E-state index contributed by atoms with van der Waals surface area (Å²) in [7, 11) is -1.30. The maximum absolute atomic E-state index is 13.3. The molecular weight excluding hydrogens is 343 g/mol. The number of amides is 1. The molecule has 1 aromatic carbocycles. The van der Waals surface area contributed by atoms with Crippen LogP contribution < -0.4 is 0 Å². The number of nitrogens with zero attached hydrogens (tertiary/aromatic N) is 2. The minimum atomic E-state index is -3.01. The summed E-state index contributed by atoms with van der Waals surface area (Å²) in [6.07, 6.45) is 1.14. The zero-order valence-corrected chi connectivity index (χ0v) is 15.9. The molecule has 1 unspecified atom stereocenters. The normalized spacial score (nSPS) is 18.1. The summed E-state index contributed by atoms with van der Waals surface area (Å²) in [5, 5.41) is -0.291. The molecule has 1 atom stereocenters. The SMILES string of the molecule is CCS(=O)(=O)C1CCN(C(C)C(=O)N(C)Cc2cccc(F)c2)CC1. The van der Waals surface area contributed by atoms with Crippen LogP contribution in [0.5, 0.6) is 0 Å². The topological polar surface area (TPSA) is 57.7 Å². The minimum Gasteiger partial charge on any atom is -0.340 e. The van der Waals surface area contributed by atoms with Crippen LogP contribution in [0.3, 0.4) is 0 Å². The second-order valence-corrected chi connectivity index (χ2v) is 9.26. The maximum Gasteiger partial charge on any atom is 0.239 e. The van der Waals surface area contributed by atoms with Gasteiger partial charge >= 0.3 is 0 Å². The first-order valence-corrected chi connectivity index (χ1v) is 10.4. The molecule has 25 heavy (non-hydrogen) atoms. The molecule has 2 rings (SSSR count). The van der Waals surface area contributed by atoms with E-state index in [2.05, 4.69) is 0 Å². The Morgan fingerprint density at radius 3 is 2.56 bits per heavy atom. The molecule has 0 radical (unpaired) electrons. The van der Waals surface area contributed by atoms with E-state index in [-0.39, 0.29) is 28.8 Å². The van der Waals surface area contributed by atoms with Crippen molar-refractivity contribution in [1.82, 2.24) is 9.80 Å². The lowest BCUT2D eigenvalue weighted by molar-refractivity contribution is -0.136. The molecular formula is C18H27FN2O3S. The van der Waals surface area contributed by atoms with Gasteiger partial charge in [0.25, 0.3) is 0 Å². The van der Waals surface area contributed by atoms with E-state index in [1.807, 2.05) is 11.8 Å². The lowest BCUT2D eigenvalue weighted by Gasteiger charge is -2.36. The van der Waals surface area contributed by atoms with Crippen molar-refractivity contribution in [2.75, 3.05) is 25.9 Å². The number of carbonyl (C=O) groups excluding carboxylic acids is 1. The molecule has 0 N–H and O–H groups in total. The van der Waals surface area contributed by atoms with Crippen molar-refractivity contribution in [3.8, 4) is 0 Å². The van der Waals surface area contributed by atoms with Crippen molar-refractivity contribution in [2.45, 2.75) is 44.5 Å². The van der Waals surface area contributed by atoms with Crippen molar-refractivity contribution in [2.24, 2.45) is 0 Å². The molecule has 0 spiro atoms. The van der Waals surface area contributed by atoms with Crippen LogP contribution >= 0.6 is 0 Å². The van der Waals surface area contributed by atoms with Gasteiger partial charge in [-0.1, -0.05) is 19.1 Å². The number of sulfone groups is 1. The van der Waals surface area contributed by atoms with Crippen LogP contribution in [-0.2, 0) is 21.2 Å². The van der Waals surface area contributed by atoms with Crippen LogP contribution in [0.25, 0.3) is 0 Å². The van der Waals surface area contributed by atoms with Crippen molar-refractivity contribution in [3.63, 3.8) is 0 Å². The van der Waals surface area contributed by atoms with Crippen molar-refractivity contribution >= 4 is 15.7 Å². The van der Waals surface area contributed by atoms with Gasteiger partial charge in [-0.15, -0.1) is 0 Å². The van der Waals surface area contributed by atoms with Crippen LogP contribution in [-0.4, -0.2) is 61.3 Å². The van der Waals surface area contributed by atoms with Gasteiger partial charge in [0.15, 0.2) is 9.84 Å². The number of hydrogen-bond donors (Lipinski definition) is 0. The molecule has 1 aliphatic rings. The standard InChI is InChI=1S/C18H27FN2O3S/c1-4-25(23,24)17-8-10-21(11-9-17)14(2)18(22)20(3)13-15-6-5-7-16(19)12-15/h5-7,12,14,17H,4,8-11,13H2,1-3H3. The Morgan fingerprint density at radius 1 is 1.36 bits per heavy atom. The van der Waals surface area contributed by atoms with Crippen molar-refractivity contribution in [1.29, 1.82) is 0 Å². The highest BCUT2D eigenvalue weighted by atomic mass is 32.2. The average Bonchev–Trinajstić information content (AvgIpc) is 2.60. The van der Waals surface area contributed by atoms with Gasteiger partial charge in [0, 0.05) is 32.4 Å². The predicted octanol–water partition coefficient (Wildman–Crippen LogP) is 2.07. The van der Waals surface area contributed by atoms with Gasteiger partial charge < -0.3 is 4.90 Å². The number of likely N-dealkylation sites (N-methyl/N-ethyl adjacent to an activating group) is 1. The van der Waals surface area contributed by atoms with Crippen LogP contribution in [0.1, 0.15) is 32.3 Å². The van der Waals surface area contributed by atoms with E-state index in [1.54, 1.807) is 31.0 Å². The molecule has 0 aromatic heterocycles. The molecule has 1 fully saturated rings. The Balaban J connectivity index is 1.92. The summed E-state index contributed by atoms with van der Waals surface area (Å²) < 4.78 is 37.2. The Bertz CT molecular complexity index is 700. The summed E-state index contributed by atoms with van der Waals surface area (Å²) in [5.74, 6) is -0.186. The highest BCUT2D eigenvalue weighted by molar-refractivity contribution is 7.92. The van der Waals surface area contributed by atoms with Crippen LogP contribution in [0, 0.1) is 5.82 Å². The zero-order chi connectivity index (χ0) is 18.6. The molecule has 0 bridgehead atoms. The van der Waals surface area contributed by atoms with Gasteiger partial charge in [-0.2, -0.15) is 0 Å². The third-order valence-corrected chi connectivity index (χ3v) is 7.27. The first-order valence-electron chi connectivity index (χ1n) is 8.69. The van der Waals surface area contributed by atoms with Gasteiger partial charge in [0.2, 0.25) is 5.91 Å². The Hall–Kier alpha value is -1.47. The summed E-state index contributed by atoms with van der Waals surface area (Å²) in [4.78, 5) is 16.3. The Labute approximate surface area is 149 Å².